The third-order valence-electron chi connectivity index (χ3n) is 5.04. The summed E-state index contributed by atoms with van der Waals surface area (Å²) in [7, 11) is 0. The van der Waals surface area contributed by atoms with Crippen molar-refractivity contribution in [2.45, 2.75) is 48.7 Å². The van der Waals surface area contributed by atoms with E-state index in [4.69, 9.17) is 10.9 Å². The lowest BCUT2D eigenvalue weighted by Crippen LogP contribution is -2.21. The van der Waals surface area contributed by atoms with E-state index in [1.54, 1.807) is 11.7 Å². The molecule has 0 atom stereocenters. The average molecular weight is 586 g/mol. The van der Waals surface area contributed by atoms with Crippen LogP contribution in [-0.2, 0) is 11.3 Å². The van der Waals surface area contributed by atoms with Crippen LogP contribution in [-0.4, -0.2) is 49.0 Å². The minimum Gasteiger partial charge on any atom is -0.504 e. The number of pyridine rings is 1. The van der Waals surface area contributed by atoms with Gasteiger partial charge in [0.15, 0.2) is 22.5 Å². The number of rotatable bonds is 12. The molecule has 0 bridgehead atoms. The summed E-state index contributed by atoms with van der Waals surface area (Å²) < 4.78 is 2.87. The van der Waals surface area contributed by atoms with E-state index in [1.807, 2.05) is 6.07 Å². The minimum atomic E-state index is -0.345. The van der Waals surface area contributed by atoms with Gasteiger partial charge in [-0.25, -0.2) is 15.4 Å². The third kappa shape index (κ3) is 6.85. The van der Waals surface area contributed by atoms with E-state index >= 15 is 0 Å². The lowest BCUT2D eigenvalue weighted by atomic mass is 10.1. The largest absolute Gasteiger partial charge is 0.504 e. The molecule has 0 spiro atoms. The second-order valence-corrected chi connectivity index (χ2v) is 9.60. The van der Waals surface area contributed by atoms with Crippen LogP contribution in [0.2, 0.25) is 0 Å². The molecule has 0 aliphatic carbocycles. The molecule has 0 fully saturated rings. The number of phenolic OH excluding ortho intramolecular Hbond substituents is 2. The average Bonchev–Trinajstić information content (AvgIpc) is 3.14. The number of carbonyl (C=O) groups excluding carboxylic acids is 1. The number of aromatic hydroxyl groups is 2. The quantitative estimate of drug-likeness (QED) is 0.0616. The SMILES string of the molecule is Nc1nccc2c1nc(Sc1cc(O)c(O)cc1I)n2CCNCCCCCCC(=O)NO. The molecule has 0 aliphatic heterocycles. The number of halogens is 1. The molecule has 0 saturated carbocycles. The van der Waals surface area contributed by atoms with Gasteiger partial charge in [-0.15, -0.1) is 0 Å². The first-order chi connectivity index (χ1) is 15.9. The van der Waals surface area contributed by atoms with Gasteiger partial charge in [0.1, 0.15) is 5.52 Å². The van der Waals surface area contributed by atoms with Gasteiger partial charge >= 0.3 is 0 Å². The van der Waals surface area contributed by atoms with Gasteiger partial charge in [0.25, 0.3) is 0 Å². The number of phenols is 2. The lowest BCUT2D eigenvalue weighted by molar-refractivity contribution is -0.129. The number of carbonyl (C=O) groups is 1. The first-order valence-corrected chi connectivity index (χ1v) is 12.4. The fraction of sp³-hybridized carbons (Fsp3) is 0.381. The molecule has 0 radical (unpaired) electrons. The van der Waals surface area contributed by atoms with Crippen molar-refractivity contribution in [2.24, 2.45) is 0 Å². The maximum Gasteiger partial charge on any atom is 0.243 e. The standard InChI is InChI=1S/C21H27IN6O4S/c22-13-11-15(29)16(30)12-17(13)33-21-26-19-14(6-8-25-20(19)23)28(21)10-9-24-7-4-2-1-3-5-18(31)27-32/h6,8,11-12,24,29-30,32H,1-5,7,9-10H2,(H2,23,25)(H,27,31). The molecule has 3 rings (SSSR count). The number of hydrogen-bond acceptors (Lipinski definition) is 9. The van der Waals surface area contributed by atoms with Gasteiger partial charge in [0.05, 0.1) is 5.52 Å². The number of unbranched alkanes of at least 4 members (excludes halogenated alkanes) is 3. The molecule has 0 saturated heterocycles. The number of hydrogen-bond donors (Lipinski definition) is 6. The Labute approximate surface area is 209 Å². The van der Waals surface area contributed by atoms with Gasteiger partial charge in [-0.05, 0) is 60.2 Å². The molecule has 2 heterocycles. The summed E-state index contributed by atoms with van der Waals surface area (Å²) in [6, 6.07) is 4.92. The zero-order chi connectivity index (χ0) is 23.8. The zero-order valence-electron chi connectivity index (χ0n) is 17.9. The highest BCUT2D eigenvalue weighted by molar-refractivity contribution is 14.1. The van der Waals surface area contributed by atoms with E-state index in [-0.39, 0.29) is 17.4 Å². The first-order valence-electron chi connectivity index (χ1n) is 10.5. The fourth-order valence-electron chi connectivity index (χ4n) is 3.31. The Morgan fingerprint density at radius 3 is 2.70 bits per heavy atom. The number of nitrogens with two attached hydrogens (primary N) is 1. The Hall–Kier alpha value is -2.29. The third-order valence-corrected chi connectivity index (χ3v) is 7.35. The van der Waals surface area contributed by atoms with Gasteiger partial charge in [0, 0.05) is 34.2 Å². The van der Waals surface area contributed by atoms with Crippen molar-refractivity contribution in [1.82, 2.24) is 25.3 Å². The molecule has 12 heteroatoms. The van der Waals surface area contributed by atoms with Crippen LogP contribution >= 0.6 is 34.4 Å². The highest BCUT2D eigenvalue weighted by Gasteiger charge is 2.17. The van der Waals surface area contributed by atoms with Crippen molar-refractivity contribution in [3.8, 4) is 11.5 Å². The van der Waals surface area contributed by atoms with Gasteiger partial charge in [0.2, 0.25) is 5.91 Å². The molecule has 3 aromatic rings. The summed E-state index contributed by atoms with van der Waals surface area (Å²) in [5.74, 6) is -0.325. The minimum absolute atomic E-state index is 0.161. The Morgan fingerprint density at radius 2 is 1.91 bits per heavy atom. The van der Waals surface area contributed by atoms with E-state index in [0.29, 0.717) is 24.3 Å². The number of hydroxylamine groups is 1. The summed E-state index contributed by atoms with van der Waals surface area (Å²) >= 11 is 3.50. The smallest absolute Gasteiger partial charge is 0.243 e. The number of anilines is 1. The van der Waals surface area contributed by atoms with Crippen molar-refractivity contribution in [1.29, 1.82) is 0 Å². The molecule has 0 unspecified atom stereocenters. The fourth-order valence-corrected chi connectivity index (χ4v) is 5.06. The molecule has 178 valence electrons. The Bertz CT molecular complexity index is 1110. The normalized spacial score (nSPS) is 11.2. The summed E-state index contributed by atoms with van der Waals surface area (Å²) in [4.78, 5) is 20.6. The maximum absolute atomic E-state index is 11.0. The van der Waals surface area contributed by atoms with Crippen molar-refractivity contribution >= 4 is 57.1 Å². The predicted molar refractivity (Wildman–Crippen MR) is 134 cm³/mol. The van der Waals surface area contributed by atoms with Crippen molar-refractivity contribution in [3.63, 3.8) is 0 Å². The van der Waals surface area contributed by atoms with Crippen molar-refractivity contribution in [2.75, 3.05) is 18.8 Å². The van der Waals surface area contributed by atoms with Crippen LogP contribution in [0.4, 0.5) is 5.82 Å². The number of nitrogen functional groups attached to an aromatic ring is 1. The molecule has 1 amide bonds. The number of nitrogens with one attached hydrogen (secondary N) is 2. The van der Waals surface area contributed by atoms with Gasteiger partial charge in [-0.1, -0.05) is 24.6 Å². The van der Waals surface area contributed by atoms with Crippen LogP contribution < -0.4 is 16.5 Å². The van der Waals surface area contributed by atoms with Crippen molar-refractivity contribution in [3.05, 3.63) is 28.0 Å². The second-order valence-electron chi connectivity index (χ2n) is 7.43. The van der Waals surface area contributed by atoms with E-state index in [9.17, 15) is 15.0 Å². The van der Waals surface area contributed by atoms with E-state index < -0.39 is 0 Å². The summed E-state index contributed by atoms with van der Waals surface area (Å²) in [5.41, 5.74) is 9.20. The molecule has 10 nitrogen and oxygen atoms in total. The molecule has 33 heavy (non-hydrogen) atoms. The summed E-state index contributed by atoms with van der Waals surface area (Å²) in [6.07, 6.45) is 5.70. The van der Waals surface area contributed by atoms with Gasteiger partial charge in [-0.3, -0.25) is 10.0 Å². The molecule has 7 N–H and O–H groups in total. The molecule has 2 aromatic heterocycles. The zero-order valence-corrected chi connectivity index (χ0v) is 20.9. The van der Waals surface area contributed by atoms with Crippen molar-refractivity contribution < 1.29 is 20.2 Å². The number of aromatic nitrogens is 3. The molecule has 1 aromatic carbocycles. The van der Waals surface area contributed by atoms with Crippen LogP contribution in [0.3, 0.4) is 0 Å². The topological polar surface area (TPSA) is 159 Å². The molecule has 0 aliphatic rings. The van der Waals surface area contributed by atoms with Gasteiger partial charge in [-0.2, -0.15) is 0 Å². The summed E-state index contributed by atoms with van der Waals surface area (Å²) in [5, 5.41) is 32.3. The summed E-state index contributed by atoms with van der Waals surface area (Å²) in [6.45, 7) is 2.25. The van der Waals surface area contributed by atoms with E-state index in [2.05, 4.69) is 42.4 Å². The van der Waals surface area contributed by atoms with Crippen LogP contribution in [0.1, 0.15) is 32.1 Å². The lowest BCUT2D eigenvalue weighted by Gasteiger charge is -2.11. The van der Waals surface area contributed by atoms with E-state index in [0.717, 1.165) is 57.9 Å². The highest BCUT2D eigenvalue weighted by atomic mass is 127. The van der Waals surface area contributed by atoms with Crippen LogP contribution in [0, 0.1) is 3.57 Å². The van der Waals surface area contributed by atoms with E-state index in [1.165, 1.54) is 23.9 Å². The molecular weight excluding hydrogens is 559 g/mol. The Balaban J connectivity index is 1.61. The van der Waals surface area contributed by atoms with Gasteiger partial charge < -0.3 is 25.8 Å². The number of amides is 1. The number of benzene rings is 1. The highest BCUT2D eigenvalue weighted by Crippen LogP contribution is 2.38. The number of fused-ring (bicyclic) bond motifs is 1. The Morgan fingerprint density at radius 1 is 1.15 bits per heavy atom. The molecular formula is C21H27IN6O4S. The van der Waals surface area contributed by atoms with Crippen LogP contribution in [0.15, 0.2) is 34.4 Å². The van der Waals surface area contributed by atoms with Crippen LogP contribution in [0.25, 0.3) is 11.0 Å². The Kier molecular flexibility index (Phi) is 9.41. The number of imidazole rings is 1. The first kappa shape index (κ1) is 25.3. The van der Waals surface area contributed by atoms with Crippen LogP contribution in [0.5, 0.6) is 11.5 Å². The monoisotopic (exact) mass is 586 g/mol. The second kappa shape index (κ2) is 12.3. The maximum atomic E-state index is 11.0. The number of nitrogens with zero attached hydrogens (tertiary/aromatic N) is 3. The predicted octanol–water partition coefficient (Wildman–Crippen LogP) is 3.23.